The topological polar surface area (TPSA) is 30.6 Å². The van der Waals surface area contributed by atoms with Crippen molar-refractivity contribution in [2.45, 2.75) is 6.92 Å². The average molecular weight is 356 g/mol. The summed E-state index contributed by atoms with van der Waals surface area (Å²) in [5, 5.41) is 0. The molecule has 9 heavy (non-hydrogen) atoms. The minimum atomic E-state index is -0.0579. The molecule has 0 aromatic carbocycles. The number of carbonyl (C=O) groups excluding carboxylic acids is 1. The van der Waals surface area contributed by atoms with Crippen molar-refractivity contribution in [2.24, 2.45) is 0 Å². The molecule has 1 N–H and O–H groups in total. The number of halogens is 1. The van der Waals surface area contributed by atoms with Crippen LogP contribution < -0.4 is 0 Å². The molecular formula is C4H8ClHgO2S+. The van der Waals surface area contributed by atoms with E-state index in [9.17, 15) is 0 Å². The van der Waals surface area contributed by atoms with Crippen LogP contribution in [0.3, 0.4) is 0 Å². The molecule has 0 unspecified atom stereocenters. The van der Waals surface area contributed by atoms with Crippen LogP contribution in [0.4, 0.5) is 0 Å². The van der Waals surface area contributed by atoms with Gasteiger partial charge in [0.1, 0.15) is 0 Å². The fourth-order valence-electron chi connectivity index (χ4n) is 0.208. The van der Waals surface area contributed by atoms with Gasteiger partial charge >= 0.3 is 39.1 Å². The fraction of sp³-hybridized carbons (Fsp3) is 0.750. The van der Waals surface area contributed by atoms with Crippen molar-refractivity contribution in [3.8, 4) is 0 Å². The third kappa shape index (κ3) is 12.3. The van der Waals surface area contributed by atoms with E-state index in [1.54, 1.807) is 6.92 Å². The van der Waals surface area contributed by atoms with Crippen molar-refractivity contribution < 1.29 is 34.4 Å². The van der Waals surface area contributed by atoms with E-state index in [4.69, 9.17) is 13.0 Å². The third-order valence-corrected chi connectivity index (χ3v) is 0.681. The Kier molecular flexibility index (Phi) is 16.6. The van der Waals surface area contributed by atoms with Gasteiger partial charge in [0.25, 0.3) is 0 Å². The summed E-state index contributed by atoms with van der Waals surface area (Å²) in [6, 6.07) is 0. The molecule has 0 fully saturated rings. The summed E-state index contributed by atoms with van der Waals surface area (Å²) in [4.78, 5) is 8.45. The molecule has 0 aliphatic carbocycles. The summed E-state index contributed by atoms with van der Waals surface area (Å²) >= 11 is 4.93. The van der Waals surface area contributed by atoms with E-state index in [0.717, 1.165) is 0 Å². The molecule has 0 aliphatic heterocycles. The molecular weight excluding hydrogens is 348 g/mol. The SMILES string of the molecule is CCOC(=[OH+])C[S-].[Cl][Hg+]. The number of rotatable bonds is 2. The Morgan fingerprint density at radius 3 is 2.33 bits per heavy atom. The molecule has 0 saturated carbocycles. The van der Waals surface area contributed by atoms with E-state index in [0.29, 0.717) is 31.5 Å². The molecule has 0 saturated heterocycles. The van der Waals surface area contributed by atoms with Crippen molar-refractivity contribution in [1.82, 2.24) is 0 Å². The average Bonchev–Trinajstić information content (AvgIpc) is 1.93. The standard InChI is InChI=1S/C4H8O2S.ClH.Hg/c1-2-6-4(5)3-7;;/h7H,2-3H2,1H3;1H;/q;;+2/p-1. The van der Waals surface area contributed by atoms with Crippen molar-refractivity contribution >= 4 is 26.8 Å². The molecule has 0 aromatic heterocycles. The second-order valence-electron chi connectivity index (χ2n) is 0.971. The Labute approximate surface area is 80.1 Å². The van der Waals surface area contributed by atoms with E-state index < -0.39 is 0 Å². The Morgan fingerprint density at radius 1 is 1.78 bits per heavy atom. The van der Waals surface area contributed by atoms with Crippen molar-refractivity contribution in [3.63, 3.8) is 0 Å². The van der Waals surface area contributed by atoms with Gasteiger partial charge in [-0.05, 0) is 12.7 Å². The molecule has 0 atom stereocenters. The Balaban J connectivity index is 0. The van der Waals surface area contributed by atoms with Gasteiger partial charge in [-0.1, -0.05) is 0 Å². The van der Waals surface area contributed by atoms with Gasteiger partial charge in [0, 0.05) is 0 Å². The summed E-state index contributed by atoms with van der Waals surface area (Å²) < 4.78 is 4.56. The first kappa shape index (κ1) is 12.7. The zero-order valence-corrected chi connectivity index (χ0v) is 12.3. The zero-order valence-electron chi connectivity index (χ0n) is 5.26. The molecule has 0 radical (unpaired) electrons. The minimum absolute atomic E-state index is 0.0579. The summed E-state index contributed by atoms with van der Waals surface area (Å²) in [7, 11) is 4.83. The molecule has 0 bridgehead atoms. The molecule has 0 rings (SSSR count). The molecule has 0 aromatic rings. The predicted octanol–water partition coefficient (Wildman–Crippen LogP) is 0.759. The van der Waals surface area contributed by atoms with Crippen LogP contribution in [0, 0.1) is 0 Å². The van der Waals surface area contributed by atoms with Crippen molar-refractivity contribution in [2.75, 3.05) is 12.4 Å². The molecule has 0 spiro atoms. The van der Waals surface area contributed by atoms with Crippen LogP contribution in [0.2, 0.25) is 0 Å². The second-order valence-corrected chi connectivity index (χ2v) is 1.26. The van der Waals surface area contributed by atoms with Gasteiger partial charge in [-0.3, -0.25) is 0 Å². The monoisotopic (exact) mass is 357 g/mol. The van der Waals surface area contributed by atoms with Crippen LogP contribution in [0.5, 0.6) is 0 Å². The zero-order chi connectivity index (χ0) is 7.70. The van der Waals surface area contributed by atoms with Crippen LogP contribution in [-0.4, -0.2) is 23.1 Å². The van der Waals surface area contributed by atoms with Crippen LogP contribution in [0.15, 0.2) is 0 Å². The summed E-state index contributed by atoms with van der Waals surface area (Å²) in [5.74, 6) is 0.117. The van der Waals surface area contributed by atoms with Gasteiger partial charge in [-0.15, -0.1) is 0 Å². The van der Waals surface area contributed by atoms with Crippen molar-refractivity contribution in [3.05, 3.63) is 0 Å². The predicted molar refractivity (Wildman–Crippen MR) is 36.7 cm³/mol. The Hall–Kier alpha value is 1.05. The normalized spacial score (nSPS) is 7.22. The van der Waals surface area contributed by atoms with Gasteiger partial charge in [-0.2, -0.15) is 0 Å². The van der Waals surface area contributed by atoms with Crippen LogP contribution >= 0.6 is 8.25 Å². The molecule has 5 heteroatoms. The molecule has 0 heterocycles. The van der Waals surface area contributed by atoms with E-state index >= 15 is 0 Å². The van der Waals surface area contributed by atoms with Crippen molar-refractivity contribution in [1.29, 1.82) is 0 Å². The Morgan fingerprint density at radius 2 is 2.22 bits per heavy atom. The van der Waals surface area contributed by atoms with E-state index in [2.05, 4.69) is 17.4 Å². The van der Waals surface area contributed by atoms with Crippen LogP contribution in [-0.2, 0) is 42.3 Å². The van der Waals surface area contributed by atoms with Crippen LogP contribution in [0.25, 0.3) is 0 Å². The fourth-order valence-corrected chi connectivity index (χ4v) is 0.292. The summed E-state index contributed by atoms with van der Waals surface area (Å²) in [5.41, 5.74) is 0. The quantitative estimate of drug-likeness (QED) is 0.317. The molecule has 2 nitrogen and oxygen atoms in total. The maximum atomic E-state index is 8.45. The molecule has 0 aliphatic rings. The number of hydrogen-bond donors (Lipinski definition) is 0. The second kappa shape index (κ2) is 11.8. The van der Waals surface area contributed by atoms with E-state index in [1.807, 2.05) is 0 Å². The summed E-state index contributed by atoms with van der Waals surface area (Å²) in [6.45, 7) is 2.28. The van der Waals surface area contributed by atoms with Gasteiger partial charge in [-0.25, -0.2) is 0 Å². The van der Waals surface area contributed by atoms with Crippen LogP contribution in [0.1, 0.15) is 6.92 Å². The maximum absolute atomic E-state index is 8.45. The number of hydrogen-bond acceptors (Lipinski definition) is 2. The van der Waals surface area contributed by atoms with Gasteiger partial charge in [0.15, 0.2) is 6.61 Å². The summed E-state index contributed by atoms with van der Waals surface area (Å²) in [6.07, 6.45) is 0. The molecule has 50 valence electrons. The Bertz CT molecular complexity index is 71.6. The first-order valence-corrected chi connectivity index (χ1v) is 9.68. The molecule has 0 amide bonds. The van der Waals surface area contributed by atoms with E-state index in [1.165, 1.54) is 0 Å². The number of esters is 1. The van der Waals surface area contributed by atoms with Gasteiger partial charge < -0.3 is 22.2 Å². The first-order chi connectivity index (χ1) is 4.31. The van der Waals surface area contributed by atoms with Gasteiger partial charge in [0.05, 0.1) is 0 Å². The van der Waals surface area contributed by atoms with Gasteiger partial charge in [0.2, 0.25) is 0 Å². The third-order valence-electron chi connectivity index (χ3n) is 0.434. The number of ether oxygens (including phenoxy) is 1. The first-order valence-electron chi connectivity index (χ1n) is 2.33. The van der Waals surface area contributed by atoms with E-state index in [-0.39, 0.29) is 11.7 Å².